The van der Waals surface area contributed by atoms with Crippen LogP contribution in [-0.2, 0) is 16.3 Å². The largest absolute Gasteiger partial charge is 0.289 e. The van der Waals surface area contributed by atoms with Crippen molar-refractivity contribution in [2.45, 2.75) is 64.5 Å². The summed E-state index contributed by atoms with van der Waals surface area (Å²) >= 11 is 1.73. The van der Waals surface area contributed by atoms with Crippen LogP contribution in [0.5, 0.6) is 0 Å². The van der Waals surface area contributed by atoms with Gasteiger partial charge in [-0.3, -0.25) is 9.59 Å². The summed E-state index contributed by atoms with van der Waals surface area (Å²) in [5, 5.41) is 0. The highest BCUT2D eigenvalue weighted by Gasteiger charge is 2.36. The Morgan fingerprint density at radius 3 is 1.52 bits per heavy atom. The summed E-state index contributed by atoms with van der Waals surface area (Å²) in [5.41, 5.74) is 6.38. The first-order valence-electron chi connectivity index (χ1n) is 16.1. The first-order valence-corrected chi connectivity index (χ1v) is 18.2. The van der Waals surface area contributed by atoms with E-state index in [4.69, 9.17) is 0 Å². The number of hydrogen-bond acceptors (Lipinski definition) is 3. The first kappa shape index (κ1) is 33.3. The van der Waals surface area contributed by atoms with Crippen LogP contribution in [-0.4, -0.2) is 11.6 Å². The standard InChI is InChI=1S/C44H39O2S2/c1-30-14-12-13-19-40(30)48(37-26-22-35(23-27-37)43(46)33-17-10-7-11-18-33)41-28-31(2)39(29-38(41)44(3,4)5)47-36-24-20-34(21-25-36)42(45)32-15-8-6-9-16-32/h6-29H,1-5H3/q+1. The molecule has 238 valence electrons. The molecule has 0 N–H and O–H groups in total. The second-order valence-corrected chi connectivity index (χ2v) is 16.1. The zero-order chi connectivity index (χ0) is 33.8. The van der Waals surface area contributed by atoms with Crippen molar-refractivity contribution in [1.82, 2.24) is 0 Å². The van der Waals surface area contributed by atoms with Gasteiger partial charge >= 0.3 is 0 Å². The highest BCUT2D eigenvalue weighted by atomic mass is 32.2. The van der Waals surface area contributed by atoms with Crippen LogP contribution in [0.15, 0.2) is 170 Å². The van der Waals surface area contributed by atoms with Crippen LogP contribution in [0, 0.1) is 13.8 Å². The van der Waals surface area contributed by atoms with Gasteiger partial charge in [0.2, 0.25) is 0 Å². The molecule has 6 aromatic carbocycles. The monoisotopic (exact) mass is 663 g/mol. The molecule has 0 bridgehead atoms. The van der Waals surface area contributed by atoms with Gasteiger partial charge in [0.25, 0.3) is 0 Å². The Morgan fingerprint density at radius 1 is 0.521 bits per heavy atom. The topological polar surface area (TPSA) is 34.1 Å². The maximum absolute atomic E-state index is 13.2. The predicted octanol–water partition coefficient (Wildman–Crippen LogP) is 11.3. The Kier molecular flexibility index (Phi) is 9.86. The van der Waals surface area contributed by atoms with E-state index in [1.165, 1.54) is 36.3 Å². The zero-order valence-corrected chi connectivity index (χ0v) is 29.6. The maximum Gasteiger partial charge on any atom is 0.193 e. The summed E-state index contributed by atoms with van der Waals surface area (Å²) in [4.78, 5) is 32.3. The normalized spacial score (nSPS) is 12.0. The number of ketones is 2. The first-order chi connectivity index (χ1) is 23.1. The fraction of sp³-hybridized carbons (Fsp3) is 0.136. The predicted molar refractivity (Wildman–Crippen MR) is 200 cm³/mol. The van der Waals surface area contributed by atoms with E-state index in [-0.39, 0.29) is 17.0 Å². The Hall–Kier alpha value is -4.64. The SMILES string of the molecule is Cc1cc([S+](c2ccc(C(=O)c3ccccc3)cc2)c2ccccc2C)c(C(C)(C)C)cc1Sc1ccc(C(=O)c2ccccc2)cc1. The van der Waals surface area contributed by atoms with Gasteiger partial charge in [-0.25, -0.2) is 0 Å². The number of carbonyl (C=O) groups excluding carboxylic acids is 2. The summed E-state index contributed by atoms with van der Waals surface area (Å²) in [6.07, 6.45) is 0. The van der Waals surface area contributed by atoms with Gasteiger partial charge < -0.3 is 0 Å². The third kappa shape index (κ3) is 7.26. The van der Waals surface area contributed by atoms with Crippen LogP contribution in [0.2, 0.25) is 0 Å². The number of benzene rings is 6. The van der Waals surface area contributed by atoms with E-state index in [1.54, 1.807) is 11.8 Å². The smallest absolute Gasteiger partial charge is 0.193 e. The second-order valence-electron chi connectivity index (χ2n) is 13.0. The summed E-state index contributed by atoms with van der Waals surface area (Å²) in [6.45, 7) is 11.2. The molecule has 1 atom stereocenters. The Morgan fingerprint density at radius 2 is 1.00 bits per heavy atom. The molecule has 6 rings (SSSR count). The van der Waals surface area contributed by atoms with E-state index in [9.17, 15) is 9.59 Å². The third-order valence-corrected chi connectivity index (χ3v) is 12.0. The molecule has 4 heteroatoms. The molecule has 48 heavy (non-hydrogen) atoms. The Bertz CT molecular complexity index is 2060. The second kappa shape index (κ2) is 14.2. The van der Waals surface area contributed by atoms with E-state index in [1.807, 2.05) is 97.1 Å². The molecular formula is C44H39O2S2+. The molecule has 0 saturated carbocycles. The minimum atomic E-state index is -0.400. The molecule has 0 fully saturated rings. The van der Waals surface area contributed by atoms with Crippen molar-refractivity contribution in [3.8, 4) is 0 Å². The molecule has 0 aromatic heterocycles. The lowest BCUT2D eigenvalue weighted by Crippen LogP contribution is -2.19. The molecule has 0 amide bonds. The molecule has 0 spiro atoms. The van der Waals surface area contributed by atoms with Crippen LogP contribution >= 0.6 is 11.8 Å². The lowest BCUT2D eigenvalue weighted by molar-refractivity contribution is 0.103. The van der Waals surface area contributed by atoms with Crippen molar-refractivity contribution < 1.29 is 9.59 Å². The van der Waals surface area contributed by atoms with Crippen LogP contribution in [0.1, 0.15) is 69.3 Å². The zero-order valence-electron chi connectivity index (χ0n) is 28.0. The average molecular weight is 664 g/mol. The molecule has 6 aromatic rings. The number of carbonyl (C=O) groups is 2. The quantitative estimate of drug-likeness (QED) is 0.114. The minimum absolute atomic E-state index is 0.0305. The maximum atomic E-state index is 13.2. The summed E-state index contributed by atoms with van der Waals surface area (Å²) in [5.74, 6) is 0.0615. The molecule has 0 saturated heterocycles. The number of aryl methyl sites for hydroxylation is 2. The van der Waals surface area contributed by atoms with Crippen molar-refractivity contribution >= 4 is 34.2 Å². The van der Waals surface area contributed by atoms with E-state index in [0.717, 1.165) is 4.90 Å². The lowest BCUT2D eigenvalue weighted by atomic mass is 9.86. The van der Waals surface area contributed by atoms with Gasteiger partial charge in [0.05, 0.1) is 10.9 Å². The van der Waals surface area contributed by atoms with Gasteiger partial charge in [-0.1, -0.05) is 111 Å². The van der Waals surface area contributed by atoms with E-state index < -0.39 is 10.9 Å². The van der Waals surface area contributed by atoms with Crippen LogP contribution in [0.3, 0.4) is 0 Å². The van der Waals surface area contributed by atoms with Crippen LogP contribution < -0.4 is 0 Å². The summed E-state index contributed by atoms with van der Waals surface area (Å²) in [7, 11) is -0.400. The van der Waals surface area contributed by atoms with Crippen molar-refractivity contribution in [1.29, 1.82) is 0 Å². The molecule has 0 heterocycles. The Labute approximate surface area is 291 Å². The fourth-order valence-corrected chi connectivity index (χ4v) is 9.30. The third-order valence-electron chi connectivity index (χ3n) is 8.39. The van der Waals surface area contributed by atoms with Gasteiger partial charge in [0, 0.05) is 43.2 Å². The van der Waals surface area contributed by atoms with Gasteiger partial charge in [-0.15, -0.1) is 0 Å². The average Bonchev–Trinajstić information content (AvgIpc) is 3.10. The fourth-order valence-electron chi connectivity index (χ4n) is 5.74. The van der Waals surface area contributed by atoms with E-state index >= 15 is 0 Å². The van der Waals surface area contributed by atoms with E-state index in [0.29, 0.717) is 22.3 Å². The van der Waals surface area contributed by atoms with Gasteiger partial charge in [-0.05, 0) is 91.6 Å². The van der Waals surface area contributed by atoms with Crippen LogP contribution in [0.4, 0.5) is 0 Å². The van der Waals surface area contributed by atoms with Gasteiger partial charge in [-0.2, -0.15) is 0 Å². The molecule has 2 nitrogen and oxygen atoms in total. The van der Waals surface area contributed by atoms with Gasteiger partial charge in [0.1, 0.15) is 0 Å². The minimum Gasteiger partial charge on any atom is -0.289 e. The highest BCUT2D eigenvalue weighted by molar-refractivity contribution is 7.99. The van der Waals surface area contributed by atoms with Gasteiger partial charge in [0.15, 0.2) is 26.3 Å². The molecule has 1 unspecified atom stereocenters. The lowest BCUT2D eigenvalue weighted by Gasteiger charge is -2.24. The van der Waals surface area contributed by atoms with Crippen molar-refractivity contribution in [3.63, 3.8) is 0 Å². The highest BCUT2D eigenvalue weighted by Crippen LogP contribution is 2.43. The Balaban J connectivity index is 1.38. The summed E-state index contributed by atoms with van der Waals surface area (Å²) in [6, 6.07) is 48.4. The van der Waals surface area contributed by atoms with Crippen LogP contribution in [0.25, 0.3) is 0 Å². The molecular weight excluding hydrogens is 625 g/mol. The van der Waals surface area contributed by atoms with Crippen molar-refractivity contribution in [3.05, 3.63) is 185 Å². The summed E-state index contributed by atoms with van der Waals surface area (Å²) < 4.78 is 0. The molecule has 0 aliphatic carbocycles. The molecule has 0 radical (unpaired) electrons. The van der Waals surface area contributed by atoms with Crippen molar-refractivity contribution in [2.24, 2.45) is 0 Å². The van der Waals surface area contributed by atoms with E-state index in [2.05, 4.69) is 83.1 Å². The number of hydrogen-bond donors (Lipinski definition) is 0. The molecule has 0 aliphatic heterocycles. The molecule has 0 aliphatic rings. The van der Waals surface area contributed by atoms with Crippen molar-refractivity contribution in [2.75, 3.05) is 0 Å². The number of rotatable bonds is 9.